The highest BCUT2D eigenvalue weighted by Crippen LogP contribution is 2.24. The summed E-state index contributed by atoms with van der Waals surface area (Å²) in [5.74, 6) is -0.299. The third kappa shape index (κ3) is 4.76. The number of carbonyl (C=O) groups excluding carboxylic acids is 1. The summed E-state index contributed by atoms with van der Waals surface area (Å²) in [7, 11) is -1.64. The minimum atomic E-state index is -3.31. The molecule has 156 valence electrons. The fraction of sp³-hybridized carbons (Fsp3) is 0.381. The molecule has 1 aliphatic heterocycles. The van der Waals surface area contributed by atoms with Crippen LogP contribution in [0.4, 0.5) is 14.9 Å². The van der Waals surface area contributed by atoms with Gasteiger partial charge in [-0.25, -0.2) is 17.6 Å². The van der Waals surface area contributed by atoms with Crippen molar-refractivity contribution in [2.24, 2.45) is 0 Å². The first-order chi connectivity index (χ1) is 13.7. The number of amides is 2. The molecule has 2 aromatic rings. The van der Waals surface area contributed by atoms with Crippen molar-refractivity contribution in [3.8, 4) is 11.1 Å². The summed E-state index contributed by atoms with van der Waals surface area (Å²) < 4.78 is 39.5. The Morgan fingerprint density at radius 1 is 1.17 bits per heavy atom. The van der Waals surface area contributed by atoms with Gasteiger partial charge in [0.05, 0.1) is 5.25 Å². The number of anilines is 1. The molecule has 0 aliphatic carbocycles. The Balaban J connectivity index is 1.62. The van der Waals surface area contributed by atoms with Crippen molar-refractivity contribution < 1.29 is 17.6 Å². The number of hydrogen-bond acceptors (Lipinski definition) is 3. The zero-order valence-corrected chi connectivity index (χ0v) is 17.6. The standard InChI is InChI=1S/C21H26FN3O3S/c1-15(2)29(27,28)25-12-11-20(14-25)24(3)21(26)23-19-9-7-16(8-10-19)17-5-4-6-18(22)13-17/h4-10,13,15,20H,11-12,14H2,1-3H3,(H,23,26)/t20-/m0/s1. The fourth-order valence-electron chi connectivity index (χ4n) is 3.35. The number of likely N-dealkylation sites (N-methyl/N-ethyl adjacent to an activating group) is 1. The van der Waals surface area contributed by atoms with Crippen molar-refractivity contribution in [3.05, 3.63) is 54.3 Å². The molecule has 0 unspecified atom stereocenters. The molecule has 0 aromatic heterocycles. The SMILES string of the molecule is CC(C)S(=O)(=O)N1CC[C@H](N(C)C(=O)Nc2ccc(-c3cccc(F)c3)cc2)C1. The summed E-state index contributed by atoms with van der Waals surface area (Å²) in [6.07, 6.45) is 0.606. The maximum Gasteiger partial charge on any atom is 0.321 e. The minimum absolute atomic E-state index is 0.171. The van der Waals surface area contributed by atoms with Gasteiger partial charge in [-0.1, -0.05) is 24.3 Å². The van der Waals surface area contributed by atoms with Crippen molar-refractivity contribution in [1.29, 1.82) is 0 Å². The van der Waals surface area contributed by atoms with Gasteiger partial charge in [0.15, 0.2) is 0 Å². The van der Waals surface area contributed by atoms with Gasteiger partial charge >= 0.3 is 6.03 Å². The normalized spacial score (nSPS) is 17.5. The van der Waals surface area contributed by atoms with Crippen molar-refractivity contribution in [2.75, 3.05) is 25.5 Å². The van der Waals surface area contributed by atoms with E-state index < -0.39 is 15.3 Å². The second kappa shape index (κ2) is 8.51. The molecule has 2 amide bonds. The van der Waals surface area contributed by atoms with Gasteiger partial charge in [-0.2, -0.15) is 4.31 Å². The van der Waals surface area contributed by atoms with E-state index >= 15 is 0 Å². The van der Waals surface area contributed by atoms with Crippen molar-refractivity contribution in [1.82, 2.24) is 9.21 Å². The molecule has 1 heterocycles. The maximum absolute atomic E-state index is 13.4. The summed E-state index contributed by atoms with van der Waals surface area (Å²) in [6, 6.07) is 13.0. The van der Waals surface area contributed by atoms with E-state index in [0.717, 1.165) is 11.1 Å². The van der Waals surface area contributed by atoms with Gasteiger partial charge in [0.25, 0.3) is 0 Å². The highest BCUT2D eigenvalue weighted by molar-refractivity contribution is 7.89. The number of halogens is 1. The molecule has 29 heavy (non-hydrogen) atoms. The zero-order valence-electron chi connectivity index (χ0n) is 16.8. The molecule has 1 N–H and O–H groups in total. The molecule has 3 rings (SSSR count). The van der Waals surface area contributed by atoms with Crippen LogP contribution in [0.5, 0.6) is 0 Å². The third-order valence-electron chi connectivity index (χ3n) is 5.24. The van der Waals surface area contributed by atoms with Gasteiger partial charge in [-0.15, -0.1) is 0 Å². The monoisotopic (exact) mass is 419 g/mol. The summed E-state index contributed by atoms with van der Waals surface area (Å²) in [5, 5.41) is 2.35. The second-order valence-corrected chi connectivity index (χ2v) is 10.0. The number of nitrogens with one attached hydrogen (secondary N) is 1. The van der Waals surface area contributed by atoms with E-state index in [-0.39, 0.29) is 17.9 Å². The minimum Gasteiger partial charge on any atom is -0.323 e. The lowest BCUT2D eigenvalue weighted by molar-refractivity contribution is 0.206. The molecule has 1 fully saturated rings. The van der Waals surface area contributed by atoms with Crippen molar-refractivity contribution >= 4 is 21.7 Å². The van der Waals surface area contributed by atoms with Crippen LogP contribution in [-0.4, -0.2) is 55.1 Å². The fourth-order valence-corrected chi connectivity index (χ4v) is 4.68. The molecule has 8 heteroatoms. The Kier molecular flexibility index (Phi) is 6.24. The Labute approximate surface area is 171 Å². The summed E-state index contributed by atoms with van der Waals surface area (Å²) in [6.45, 7) is 4.05. The number of rotatable bonds is 5. The predicted molar refractivity (Wildman–Crippen MR) is 113 cm³/mol. The molecule has 0 radical (unpaired) electrons. The van der Waals surface area contributed by atoms with Gasteiger partial charge in [0.2, 0.25) is 10.0 Å². The molecular weight excluding hydrogens is 393 g/mol. The van der Waals surface area contributed by atoms with Crippen LogP contribution in [0, 0.1) is 5.82 Å². The quantitative estimate of drug-likeness (QED) is 0.802. The number of benzene rings is 2. The average molecular weight is 420 g/mol. The van der Waals surface area contributed by atoms with Crippen molar-refractivity contribution in [2.45, 2.75) is 31.6 Å². The number of sulfonamides is 1. The first kappa shape index (κ1) is 21.3. The molecule has 1 atom stereocenters. The molecule has 0 bridgehead atoms. The number of carbonyl (C=O) groups is 1. The van der Waals surface area contributed by atoms with E-state index in [4.69, 9.17) is 0 Å². The topological polar surface area (TPSA) is 69.7 Å². The van der Waals surface area contributed by atoms with E-state index in [1.54, 1.807) is 44.0 Å². The lowest BCUT2D eigenvalue weighted by atomic mass is 10.1. The number of nitrogens with zero attached hydrogens (tertiary/aromatic N) is 2. The highest BCUT2D eigenvalue weighted by atomic mass is 32.2. The Morgan fingerprint density at radius 2 is 1.86 bits per heavy atom. The first-order valence-electron chi connectivity index (χ1n) is 9.57. The largest absolute Gasteiger partial charge is 0.323 e. The molecule has 2 aromatic carbocycles. The first-order valence-corrected chi connectivity index (χ1v) is 11.1. The van der Waals surface area contributed by atoms with Gasteiger partial charge in [0.1, 0.15) is 5.82 Å². The van der Waals surface area contributed by atoms with E-state index in [1.165, 1.54) is 16.4 Å². The van der Waals surface area contributed by atoms with Gasteiger partial charge in [-0.05, 0) is 55.7 Å². The second-order valence-electron chi connectivity index (χ2n) is 7.52. The van der Waals surface area contributed by atoms with Gasteiger partial charge in [0, 0.05) is 31.9 Å². The van der Waals surface area contributed by atoms with Gasteiger partial charge in [-0.3, -0.25) is 0 Å². The van der Waals surface area contributed by atoms with Crippen LogP contribution < -0.4 is 5.32 Å². The van der Waals surface area contributed by atoms with Crippen LogP contribution in [0.2, 0.25) is 0 Å². The average Bonchev–Trinajstić information content (AvgIpc) is 3.18. The highest BCUT2D eigenvalue weighted by Gasteiger charge is 2.36. The van der Waals surface area contributed by atoms with Crippen molar-refractivity contribution in [3.63, 3.8) is 0 Å². The van der Waals surface area contributed by atoms with Crippen LogP contribution >= 0.6 is 0 Å². The number of urea groups is 1. The van der Waals surface area contributed by atoms with Crippen LogP contribution in [0.25, 0.3) is 11.1 Å². The third-order valence-corrected chi connectivity index (χ3v) is 7.49. The molecule has 1 saturated heterocycles. The maximum atomic E-state index is 13.4. The summed E-state index contributed by atoms with van der Waals surface area (Å²) >= 11 is 0. The molecular formula is C21H26FN3O3S. The molecule has 1 aliphatic rings. The van der Waals surface area contributed by atoms with E-state index in [9.17, 15) is 17.6 Å². The Morgan fingerprint density at radius 3 is 2.48 bits per heavy atom. The van der Waals surface area contributed by atoms with E-state index in [0.29, 0.717) is 25.2 Å². The molecule has 6 nitrogen and oxygen atoms in total. The lowest BCUT2D eigenvalue weighted by Gasteiger charge is -2.25. The lowest BCUT2D eigenvalue weighted by Crippen LogP contribution is -2.43. The smallest absolute Gasteiger partial charge is 0.321 e. The van der Waals surface area contributed by atoms with E-state index in [1.807, 2.05) is 18.2 Å². The predicted octanol–water partition coefficient (Wildman–Crippen LogP) is 3.77. The van der Waals surface area contributed by atoms with E-state index in [2.05, 4.69) is 5.32 Å². The summed E-state index contributed by atoms with van der Waals surface area (Å²) in [5.41, 5.74) is 2.23. The van der Waals surface area contributed by atoms with Crippen LogP contribution in [0.15, 0.2) is 48.5 Å². The number of hydrogen-bond donors (Lipinski definition) is 1. The zero-order chi connectivity index (χ0) is 21.2. The Hall–Kier alpha value is -2.45. The summed E-state index contributed by atoms with van der Waals surface area (Å²) in [4.78, 5) is 14.1. The Bertz CT molecular complexity index is 977. The van der Waals surface area contributed by atoms with Gasteiger partial charge < -0.3 is 10.2 Å². The molecule has 0 saturated carbocycles. The van der Waals surface area contributed by atoms with Crippen LogP contribution in [0.3, 0.4) is 0 Å². The molecule has 0 spiro atoms. The van der Waals surface area contributed by atoms with Crippen LogP contribution in [0.1, 0.15) is 20.3 Å². The van der Waals surface area contributed by atoms with Crippen LogP contribution in [-0.2, 0) is 10.0 Å².